The minimum absolute atomic E-state index is 0.00124. The average molecular weight is 497 g/mol. The van der Waals surface area contributed by atoms with Crippen molar-refractivity contribution in [2.75, 3.05) is 14.1 Å². The molecule has 1 N–H and O–H groups in total. The number of para-hydroxylation sites is 2. The lowest BCUT2D eigenvalue weighted by molar-refractivity contribution is 0.0936. The molecule has 1 amide bonds. The average Bonchev–Trinajstić information content (AvgIpc) is 3.14. The number of hydrogen-bond donors (Lipinski definition) is 1. The summed E-state index contributed by atoms with van der Waals surface area (Å²) in [6.07, 6.45) is 0.439. The summed E-state index contributed by atoms with van der Waals surface area (Å²) < 4.78 is 28.2. The number of nitrogens with one attached hydrogen (secondary N) is 1. The van der Waals surface area contributed by atoms with Gasteiger partial charge >= 0.3 is 0 Å². The van der Waals surface area contributed by atoms with Crippen molar-refractivity contribution in [1.29, 1.82) is 0 Å². The summed E-state index contributed by atoms with van der Waals surface area (Å²) in [5, 5.41) is 3.20. The van der Waals surface area contributed by atoms with Crippen molar-refractivity contribution in [2.24, 2.45) is 7.05 Å². The Morgan fingerprint density at radius 2 is 1.74 bits per heavy atom. The van der Waals surface area contributed by atoms with Gasteiger partial charge in [-0.05, 0) is 35.9 Å². The molecule has 9 heteroatoms. The third kappa shape index (κ3) is 4.70. The van der Waals surface area contributed by atoms with Crippen LogP contribution < -0.4 is 5.32 Å². The summed E-state index contributed by atoms with van der Waals surface area (Å²) in [7, 11) is 1.10. The van der Waals surface area contributed by atoms with Gasteiger partial charge in [0.1, 0.15) is 5.82 Å². The highest BCUT2D eigenvalue weighted by Gasteiger charge is 2.24. The molecule has 4 rings (SSSR count). The predicted octanol–water partition coefficient (Wildman–Crippen LogP) is 4.19. The fourth-order valence-corrected chi connectivity index (χ4v) is 4.92. The third-order valence-corrected chi connectivity index (χ3v) is 7.88. The van der Waals surface area contributed by atoms with Crippen LogP contribution in [0.2, 0.25) is 5.02 Å². The molecule has 176 valence electrons. The SMILES string of the molecule is CN(C)S(=O)(=O)c1ccc(Cl)c(C(=O)N[C@@H](Cc2nc3ccccc3n2C)c2ccccc2)c1. The number of sulfonamides is 1. The van der Waals surface area contributed by atoms with E-state index in [0.29, 0.717) is 6.42 Å². The highest BCUT2D eigenvalue weighted by atomic mass is 35.5. The molecule has 0 fully saturated rings. The summed E-state index contributed by atoms with van der Waals surface area (Å²) in [6, 6.07) is 21.1. The highest BCUT2D eigenvalue weighted by Crippen LogP contribution is 2.25. The fourth-order valence-electron chi connectivity index (χ4n) is 3.78. The Kier molecular flexibility index (Phi) is 6.74. The van der Waals surface area contributed by atoms with E-state index in [9.17, 15) is 13.2 Å². The van der Waals surface area contributed by atoms with Gasteiger partial charge in [-0.1, -0.05) is 54.1 Å². The zero-order valence-electron chi connectivity index (χ0n) is 19.1. The van der Waals surface area contributed by atoms with Crippen molar-refractivity contribution in [3.8, 4) is 0 Å². The molecule has 0 radical (unpaired) electrons. The van der Waals surface area contributed by atoms with Gasteiger partial charge < -0.3 is 9.88 Å². The molecule has 1 atom stereocenters. The van der Waals surface area contributed by atoms with E-state index in [1.54, 1.807) is 0 Å². The van der Waals surface area contributed by atoms with Crippen LogP contribution in [0.3, 0.4) is 0 Å². The van der Waals surface area contributed by atoms with E-state index in [0.717, 1.165) is 26.7 Å². The Balaban J connectivity index is 1.69. The van der Waals surface area contributed by atoms with Gasteiger partial charge in [0.25, 0.3) is 5.91 Å². The van der Waals surface area contributed by atoms with Crippen molar-refractivity contribution in [1.82, 2.24) is 19.2 Å². The Labute approximate surface area is 204 Å². The summed E-state index contributed by atoms with van der Waals surface area (Å²) in [5.74, 6) is 0.346. The molecular weight excluding hydrogens is 472 g/mol. The number of hydrogen-bond acceptors (Lipinski definition) is 4. The minimum Gasteiger partial charge on any atom is -0.345 e. The molecule has 0 aliphatic heterocycles. The van der Waals surface area contributed by atoms with Crippen LogP contribution >= 0.6 is 11.6 Å². The number of amides is 1. The number of aromatic nitrogens is 2. The predicted molar refractivity (Wildman–Crippen MR) is 133 cm³/mol. The molecule has 0 bridgehead atoms. The lowest BCUT2D eigenvalue weighted by Crippen LogP contribution is -2.31. The molecule has 0 saturated heterocycles. The van der Waals surface area contributed by atoms with E-state index in [1.807, 2.05) is 66.2 Å². The van der Waals surface area contributed by atoms with Crippen LogP contribution in [0.1, 0.15) is 27.8 Å². The van der Waals surface area contributed by atoms with Crippen LogP contribution in [-0.4, -0.2) is 42.3 Å². The summed E-state index contributed by atoms with van der Waals surface area (Å²) in [6.45, 7) is 0. The molecule has 34 heavy (non-hydrogen) atoms. The highest BCUT2D eigenvalue weighted by molar-refractivity contribution is 7.89. The number of carbonyl (C=O) groups excluding carboxylic acids is 1. The lowest BCUT2D eigenvalue weighted by atomic mass is 10.0. The maximum Gasteiger partial charge on any atom is 0.253 e. The summed E-state index contributed by atoms with van der Waals surface area (Å²) in [4.78, 5) is 18.1. The standard InChI is InChI=1S/C25H25ClN4O3S/c1-29(2)34(32,33)18-13-14-20(26)19(15-18)25(31)28-22(17-9-5-4-6-10-17)16-24-27-21-11-7-8-12-23(21)30(24)3/h4-15,22H,16H2,1-3H3,(H,28,31)/t22-/m0/s1. The zero-order valence-corrected chi connectivity index (χ0v) is 20.6. The molecule has 1 heterocycles. The van der Waals surface area contributed by atoms with Gasteiger partial charge in [-0.3, -0.25) is 4.79 Å². The first-order valence-electron chi connectivity index (χ1n) is 10.7. The van der Waals surface area contributed by atoms with E-state index < -0.39 is 22.0 Å². The second kappa shape index (κ2) is 9.58. The number of aryl methyl sites for hydroxylation is 1. The fraction of sp³-hybridized carbons (Fsp3) is 0.200. The van der Waals surface area contributed by atoms with Crippen LogP contribution in [0, 0.1) is 0 Å². The number of carbonyl (C=O) groups is 1. The Morgan fingerprint density at radius 1 is 1.06 bits per heavy atom. The van der Waals surface area contributed by atoms with E-state index in [4.69, 9.17) is 16.6 Å². The quantitative estimate of drug-likeness (QED) is 0.416. The second-order valence-electron chi connectivity index (χ2n) is 8.15. The first-order chi connectivity index (χ1) is 16.2. The maximum absolute atomic E-state index is 13.3. The number of nitrogens with zero attached hydrogens (tertiary/aromatic N) is 3. The van der Waals surface area contributed by atoms with Crippen molar-refractivity contribution >= 4 is 38.6 Å². The zero-order chi connectivity index (χ0) is 24.5. The van der Waals surface area contributed by atoms with E-state index in [1.165, 1.54) is 32.3 Å². The first kappa shape index (κ1) is 23.9. The van der Waals surface area contributed by atoms with Crippen molar-refractivity contribution in [3.05, 3.63) is 94.8 Å². The van der Waals surface area contributed by atoms with Crippen LogP contribution in [0.5, 0.6) is 0 Å². The number of benzene rings is 3. The Hall–Kier alpha value is -3.20. The number of rotatable bonds is 7. The van der Waals surface area contributed by atoms with E-state index >= 15 is 0 Å². The van der Waals surface area contributed by atoms with Gasteiger partial charge in [0.15, 0.2) is 0 Å². The van der Waals surface area contributed by atoms with Crippen molar-refractivity contribution < 1.29 is 13.2 Å². The van der Waals surface area contributed by atoms with Gasteiger partial charge in [0.05, 0.1) is 32.6 Å². The molecule has 0 aliphatic rings. The molecule has 3 aromatic carbocycles. The van der Waals surface area contributed by atoms with Gasteiger partial charge in [-0.2, -0.15) is 0 Å². The normalized spacial score (nSPS) is 12.7. The van der Waals surface area contributed by atoms with Crippen LogP contribution in [0.25, 0.3) is 11.0 Å². The minimum atomic E-state index is -3.72. The summed E-state index contributed by atoms with van der Waals surface area (Å²) >= 11 is 6.30. The molecule has 0 spiro atoms. The lowest BCUT2D eigenvalue weighted by Gasteiger charge is -2.20. The smallest absolute Gasteiger partial charge is 0.253 e. The van der Waals surface area contributed by atoms with Crippen molar-refractivity contribution in [2.45, 2.75) is 17.4 Å². The number of halogens is 1. The largest absolute Gasteiger partial charge is 0.345 e. The van der Waals surface area contributed by atoms with Gasteiger partial charge in [0.2, 0.25) is 10.0 Å². The maximum atomic E-state index is 13.3. The number of imidazole rings is 1. The Bertz CT molecular complexity index is 1450. The molecule has 0 aliphatic carbocycles. The number of fused-ring (bicyclic) bond motifs is 1. The molecule has 4 aromatic rings. The van der Waals surface area contributed by atoms with Gasteiger partial charge in [-0.25, -0.2) is 17.7 Å². The molecule has 0 unspecified atom stereocenters. The molecule has 7 nitrogen and oxygen atoms in total. The molecule has 1 aromatic heterocycles. The van der Waals surface area contributed by atoms with Gasteiger partial charge in [0, 0.05) is 27.6 Å². The van der Waals surface area contributed by atoms with E-state index in [-0.39, 0.29) is 15.5 Å². The van der Waals surface area contributed by atoms with E-state index in [2.05, 4.69) is 5.32 Å². The van der Waals surface area contributed by atoms with Gasteiger partial charge in [-0.15, -0.1) is 0 Å². The topological polar surface area (TPSA) is 84.3 Å². The third-order valence-electron chi connectivity index (χ3n) is 5.73. The molecular formula is C25H25ClN4O3S. The van der Waals surface area contributed by atoms with Crippen molar-refractivity contribution in [3.63, 3.8) is 0 Å². The molecule has 0 saturated carbocycles. The monoisotopic (exact) mass is 496 g/mol. The van der Waals surface area contributed by atoms with Crippen LogP contribution in [-0.2, 0) is 23.5 Å². The Morgan fingerprint density at radius 3 is 2.41 bits per heavy atom. The second-order valence-corrected chi connectivity index (χ2v) is 10.7. The van der Waals surface area contributed by atoms with Crippen LogP contribution in [0.15, 0.2) is 77.7 Å². The van der Waals surface area contributed by atoms with Crippen LogP contribution in [0.4, 0.5) is 0 Å². The summed E-state index contributed by atoms with van der Waals surface area (Å²) in [5.41, 5.74) is 2.87. The first-order valence-corrected chi connectivity index (χ1v) is 12.5.